The summed E-state index contributed by atoms with van der Waals surface area (Å²) in [5.41, 5.74) is -0.665. The summed E-state index contributed by atoms with van der Waals surface area (Å²) >= 11 is 3.49. The van der Waals surface area contributed by atoms with Crippen LogP contribution in [0.1, 0.15) is 66.9 Å². The second-order valence-corrected chi connectivity index (χ2v) is 10.5. The van der Waals surface area contributed by atoms with E-state index in [1.807, 2.05) is 12.1 Å². The van der Waals surface area contributed by atoms with E-state index in [0.717, 1.165) is 28.6 Å². The average molecular weight is 501 g/mol. The summed E-state index contributed by atoms with van der Waals surface area (Å²) in [7, 11) is 1.58. The van der Waals surface area contributed by atoms with Crippen molar-refractivity contribution in [1.82, 2.24) is 10.6 Å². The van der Waals surface area contributed by atoms with E-state index in [0.29, 0.717) is 6.54 Å². The zero-order valence-corrected chi connectivity index (χ0v) is 21.6. The lowest BCUT2D eigenvalue weighted by molar-refractivity contribution is -0.126. The average Bonchev–Trinajstić information content (AvgIpc) is 2.62. The fourth-order valence-corrected chi connectivity index (χ4v) is 3.23. The van der Waals surface area contributed by atoms with Gasteiger partial charge in [-0.15, -0.1) is 0 Å². The number of ether oxygens (including phenoxy) is 3. The SMILES string of the molecule is COCOc1cc(C(C)(C)CCCNC(=O)C(C)(C)NC(=O)OC(C)(C)C)ccc1Br. The molecule has 176 valence electrons. The number of carbonyl (C=O) groups excluding carboxylic acids is 2. The molecule has 0 spiro atoms. The maximum absolute atomic E-state index is 12.5. The summed E-state index contributed by atoms with van der Waals surface area (Å²) in [6.45, 7) is 13.6. The molecule has 0 radical (unpaired) electrons. The molecule has 0 aliphatic heterocycles. The third-order valence-corrected chi connectivity index (χ3v) is 5.35. The van der Waals surface area contributed by atoms with E-state index < -0.39 is 17.2 Å². The molecule has 1 rings (SSSR count). The van der Waals surface area contributed by atoms with Crippen LogP contribution in [0.15, 0.2) is 22.7 Å². The highest BCUT2D eigenvalue weighted by Crippen LogP contribution is 2.34. The van der Waals surface area contributed by atoms with Crippen molar-refractivity contribution in [2.75, 3.05) is 20.4 Å². The first-order valence-electron chi connectivity index (χ1n) is 10.4. The molecule has 0 aromatic heterocycles. The molecule has 0 bridgehead atoms. The molecule has 0 aliphatic carbocycles. The number of alkyl carbamates (subject to hydrolysis) is 1. The molecule has 2 N–H and O–H groups in total. The summed E-state index contributed by atoms with van der Waals surface area (Å²) in [5, 5.41) is 5.53. The minimum Gasteiger partial charge on any atom is -0.466 e. The van der Waals surface area contributed by atoms with Gasteiger partial charge in [0, 0.05) is 13.7 Å². The van der Waals surface area contributed by atoms with Gasteiger partial charge in [-0.2, -0.15) is 0 Å². The van der Waals surface area contributed by atoms with Gasteiger partial charge >= 0.3 is 6.09 Å². The Balaban J connectivity index is 2.58. The number of rotatable bonds is 10. The molecule has 0 unspecified atom stereocenters. The van der Waals surface area contributed by atoms with Crippen molar-refractivity contribution in [1.29, 1.82) is 0 Å². The van der Waals surface area contributed by atoms with Crippen LogP contribution in [0.4, 0.5) is 4.79 Å². The molecule has 0 heterocycles. The molecule has 8 heteroatoms. The van der Waals surface area contributed by atoms with Crippen LogP contribution in [0.5, 0.6) is 5.75 Å². The first-order valence-corrected chi connectivity index (χ1v) is 11.2. The Morgan fingerprint density at radius 2 is 1.71 bits per heavy atom. The summed E-state index contributed by atoms with van der Waals surface area (Å²) in [6, 6.07) is 6.04. The standard InChI is InChI=1S/C23H37BrN2O5/c1-21(2,3)31-20(28)26-23(6,7)19(27)25-13-9-12-22(4,5)16-10-11-17(24)18(14-16)30-15-29-8/h10-11,14H,9,12-13,15H2,1-8H3,(H,25,27)(H,26,28). The Labute approximate surface area is 194 Å². The quantitative estimate of drug-likeness (QED) is 0.352. The highest BCUT2D eigenvalue weighted by Gasteiger charge is 2.31. The maximum atomic E-state index is 12.5. The van der Waals surface area contributed by atoms with Crippen molar-refractivity contribution < 1.29 is 23.8 Å². The number of halogens is 1. The zero-order chi connectivity index (χ0) is 23.9. The first kappa shape index (κ1) is 27.2. The highest BCUT2D eigenvalue weighted by molar-refractivity contribution is 9.10. The molecule has 0 aliphatic rings. The lowest BCUT2D eigenvalue weighted by Crippen LogP contribution is -2.55. The Bertz CT molecular complexity index is 757. The Morgan fingerprint density at radius 1 is 1.06 bits per heavy atom. The van der Waals surface area contributed by atoms with Crippen molar-refractivity contribution in [2.45, 2.75) is 77.9 Å². The summed E-state index contributed by atoms with van der Waals surface area (Å²) < 4.78 is 16.7. The van der Waals surface area contributed by atoms with Gasteiger partial charge in [0.25, 0.3) is 0 Å². The van der Waals surface area contributed by atoms with Crippen LogP contribution in [-0.2, 0) is 19.7 Å². The molecule has 7 nitrogen and oxygen atoms in total. The number of carbonyl (C=O) groups is 2. The van der Waals surface area contributed by atoms with Crippen molar-refractivity contribution in [3.8, 4) is 5.75 Å². The second-order valence-electron chi connectivity index (χ2n) is 9.69. The van der Waals surface area contributed by atoms with Gasteiger partial charge in [0.2, 0.25) is 5.91 Å². The summed E-state index contributed by atoms with van der Waals surface area (Å²) in [6.07, 6.45) is 1.03. The lowest BCUT2D eigenvalue weighted by atomic mass is 9.80. The number of hydrogen-bond donors (Lipinski definition) is 2. The van der Waals surface area contributed by atoms with Gasteiger partial charge in [-0.3, -0.25) is 4.79 Å². The van der Waals surface area contributed by atoms with Gasteiger partial charge in [0.1, 0.15) is 16.9 Å². The topological polar surface area (TPSA) is 85.9 Å². The van der Waals surface area contributed by atoms with E-state index in [1.165, 1.54) is 0 Å². The predicted molar refractivity (Wildman–Crippen MR) is 125 cm³/mol. The maximum Gasteiger partial charge on any atom is 0.408 e. The van der Waals surface area contributed by atoms with Crippen molar-refractivity contribution >= 4 is 27.9 Å². The smallest absolute Gasteiger partial charge is 0.408 e. The van der Waals surface area contributed by atoms with Crippen LogP contribution in [-0.4, -0.2) is 43.6 Å². The molecule has 0 fully saturated rings. The highest BCUT2D eigenvalue weighted by atomic mass is 79.9. The van der Waals surface area contributed by atoms with E-state index >= 15 is 0 Å². The second kappa shape index (κ2) is 11.2. The van der Waals surface area contributed by atoms with Gasteiger partial charge in [0.05, 0.1) is 4.47 Å². The van der Waals surface area contributed by atoms with Crippen LogP contribution in [0.25, 0.3) is 0 Å². The van der Waals surface area contributed by atoms with Crippen LogP contribution in [0.2, 0.25) is 0 Å². The molecule has 0 atom stereocenters. The number of methoxy groups -OCH3 is 1. The molecule has 31 heavy (non-hydrogen) atoms. The van der Waals surface area contributed by atoms with E-state index in [1.54, 1.807) is 41.7 Å². The number of hydrogen-bond acceptors (Lipinski definition) is 5. The van der Waals surface area contributed by atoms with Gasteiger partial charge in [-0.25, -0.2) is 4.79 Å². The Morgan fingerprint density at radius 3 is 2.29 bits per heavy atom. The van der Waals surface area contributed by atoms with Crippen molar-refractivity contribution in [3.05, 3.63) is 28.2 Å². The Kier molecular flexibility index (Phi) is 9.82. The van der Waals surface area contributed by atoms with Gasteiger partial charge in [0.15, 0.2) is 6.79 Å². The third-order valence-electron chi connectivity index (χ3n) is 4.69. The molecular formula is C23H37BrN2O5. The molecule has 1 aromatic carbocycles. The van der Waals surface area contributed by atoms with Gasteiger partial charge in [-0.1, -0.05) is 19.9 Å². The van der Waals surface area contributed by atoms with Crippen LogP contribution in [0.3, 0.4) is 0 Å². The molecule has 2 amide bonds. The molecule has 1 aromatic rings. The van der Waals surface area contributed by atoms with Crippen molar-refractivity contribution in [3.63, 3.8) is 0 Å². The van der Waals surface area contributed by atoms with Gasteiger partial charge < -0.3 is 24.8 Å². The van der Waals surface area contributed by atoms with E-state index in [-0.39, 0.29) is 18.1 Å². The number of nitrogens with one attached hydrogen (secondary N) is 2. The minimum atomic E-state index is -1.07. The molecular weight excluding hydrogens is 464 g/mol. The fraction of sp³-hybridized carbons (Fsp3) is 0.652. The molecule has 0 saturated carbocycles. The number of amides is 2. The zero-order valence-electron chi connectivity index (χ0n) is 20.0. The van der Waals surface area contributed by atoms with Crippen LogP contribution < -0.4 is 15.4 Å². The van der Waals surface area contributed by atoms with E-state index in [9.17, 15) is 9.59 Å². The fourth-order valence-electron chi connectivity index (χ4n) is 2.87. The van der Waals surface area contributed by atoms with Crippen molar-refractivity contribution in [2.24, 2.45) is 0 Å². The van der Waals surface area contributed by atoms with Gasteiger partial charge in [-0.05, 0) is 86.5 Å². The summed E-state index contributed by atoms with van der Waals surface area (Å²) in [4.78, 5) is 24.5. The monoisotopic (exact) mass is 500 g/mol. The van der Waals surface area contributed by atoms with Crippen LogP contribution >= 0.6 is 15.9 Å². The Hall–Kier alpha value is -1.80. The predicted octanol–water partition coefficient (Wildman–Crippen LogP) is 4.91. The normalized spacial score (nSPS) is 12.3. The van der Waals surface area contributed by atoms with E-state index in [4.69, 9.17) is 14.2 Å². The van der Waals surface area contributed by atoms with Crippen LogP contribution in [0, 0.1) is 0 Å². The molecule has 0 saturated heterocycles. The summed E-state index contributed by atoms with van der Waals surface area (Å²) in [5.74, 6) is 0.478. The lowest BCUT2D eigenvalue weighted by Gasteiger charge is -2.28. The number of benzene rings is 1. The minimum absolute atomic E-state index is 0.110. The first-order chi connectivity index (χ1) is 14.2. The largest absolute Gasteiger partial charge is 0.466 e. The van der Waals surface area contributed by atoms with E-state index in [2.05, 4.69) is 46.5 Å². The third kappa shape index (κ3) is 9.47.